The van der Waals surface area contributed by atoms with Crippen LogP contribution >= 0.6 is 0 Å². The minimum atomic E-state index is -3.94. The first-order valence-corrected chi connectivity index (χ1v) is 8.70. The molecule has 0 saturated heterocycles. The molecule has 24 heavy (non-hydrogen) atoms. The molecule has 124 valence electrons. The highest BCUT2D eigenvalue weighted by Crippen LogP contribution is 2.33. The Balaban J connectivity index is 2.55. The number of carbonyl (C=O) groups is 1. The van der Waals surface area contributed by atoms with Crippen molar-refractivity contribution < 1.29 is 17.9 Å². The molecule has 2 aromatic carbocycles. The first-order valence-electron chi connectivity index (χ1n) is 7.22. The quantitative estimate of drug-likeness (QED) is 0.645. The van der Waals surface area contributed by atoms with Crippen molar-refractivity contribution in [2.24, 2.45) is 0 Å². The second-order valence-corrected chi connectivity index (χ2v) is 6.97. The molecule has 1 N–H and O–H groups in total. The number of hydrogen-bond acceptors (Lipinski definition) is 5. The van der Waals surface area contributed by atoms with E-state index in [0.29, 0.717) is 5.56 Å². The van der Waals surface area contributed by atoms with Crippen molar-refractivity contribution >= 4 is 21.7 Å². The molecule has 6 heteroatoms. The Morgan fingerprint density at radius 3 is 2.12 bits per heavy atom. The van der Waals surface area contributed by atoms with E-state index in [9.17, 15) is 13.2 Å². The topological polar surface area (TPSA) is 84.3 Å². The Morgan fingerprint density at radius 1 is 1.08 bits per heavy atom. The zero-order valence-electron chi connectivity index (χ0n) is 13.1. The highest BCUT2D eigenvalue weighted by molar-refractivity contribution is 7.95. The van der Waals surface area contributed by atoms with Crippen molar-refractivity contribution in [2.45, 2.75) is 17.2 Å². The average Bonchev–Trinajstić information content (AvgIpc) is 2.62. The largest absolute Gasteiger partial charge is 0.469 e. The van der Waals surface area contributed by atoms with Gasteiger partial charge in [-0.05, 0) is 23.6 Å². The molecule has 1 atom stereocenters. The van der Waals surface area contributed by atoms with Crippen LogP contribution in [0.25, 0.3) is 0 Å². The van der Waals surface area contributed by atoms with E-state index in [4.69, 9.17) is 5.41 Å². The van der Waals surface area contributed by atoms with Crippen molar-refractivity contribution in [3.05, 3.63) is 71.1 Å². The lowest BCUT2D eigenvalue weighted by atomic mass is 9.95. The minimum Gasteiger partial charge on any atom is -0.469 e. The molecule has 0 saturated carbocycles. The molecule has 0 spiro atoms. The number of ether oxygens (including phenoxy) is 1. The SMILES string of the molecule is COC(=O)CC(C(=C=N)S(=O)(=O)c1ccccc1)c1ccccc1. The molecule has 0 bridgehead atoms. The second-order valence-electron chi connectivity index (χ2n) is 5.05. The van der Waals surface area contributed by atoms with Gasteiger partial charge in [0.1, 0.15) is 4.91 Å². The molecule has 0 aliphatic carbocycles. The lowest BCUT2D eigenvalue weighted by Crippen LogP contribution is -2.17. The van der Waals surface area contributed by atoms with E-state index in [1.165, 1.54) is 19.2 Å². The first-order chi connectivity index (χ1) is 11.5. The summed E-state index contributed by atoms with van der Waals surface area (Å²) in [5.41, 5.74) is 0.608. The molecule has 0 amide bonds. The van der Waals surface area contributed by atoms with Crippen molar-refractivity contribution in [1.82, 2.24) is 0 Å². The Kier molecular flexibility index (Phi) is 5.68. The number of sulfone groups is 1. The molecule has 0 aliphatic rings. The lowest BCUT2D eigenvalue weighted by molar-refractivity contribution is -0.140. The number of benzene rings is 2. The molecule has 0 aromatic heterocycles. The number of hydrogen-bond donors (Lipinski definition) is 1. The van der Waals surface area contributed by atoms with Crippen LogP contribution in [0.3, 0.4) is 0 Å². The molecule has 0 heterocycles. The van der Waals surface area contributed by atoms with Crippen LogP contribution in [-0.4, -0.2) is 27.4 Å². The molecular weight excluding hydrogens is 326 g/mol. The molecular formula is C18H17NO4S. The van der Waals surface area contributed by atoms with E-state index in [1.807, 2.05) is 5.87 Å². The summed E-state index contributed by atoms with van der Waals surface area (Å²) in [4.78, 5) is 11.6. The van der Waals surface area contributed by atoms with Crippen molar-refractivity contribution in [1.29, 1.82) is 5.41 Å². The van der Waals surface area contributed by atoms with Crippen LogP contribution in [0, 0.1) is 5.41 Å². The smallest absolute Gasteiger partial charge is 0.306 e. The number of rotatable bonds is 6. The van der Waals surface area contributed by atoms with E-state index < -0.39 is 21.7 Å². The summed E-state index contributed by atoms with van der Waals surface area (Å²) in [6, 6.07) is 16.5. The van der Waals surface area contributed by atoms with E-state index in [-0.39, 0.29) is 16.2 Å². The highest BCUT2D eigenvalue weighted by Gasteiger charge is 2.31. The van der Waals surface area contributed by atoms with Crippen LogP contribution in [0.2, 0.25) is 0 Å². The highest BCUT2D eigenvalue weighted by atomic mass is 32.2. The van der Waals surface area contributed by atoms with Gasteiger partial charge in [0.15, 0.2) is 0 Å². The summed E-state index contributed by atoms with van der Waals surface area (Å²) >= 11 is 0. The third-order valence-electron chi connectivity index (χ3n) is 3.58. The van der Waals surface area contributed by atoms with Gasteiger partial charge < -0.3 is 4.74 Å². The predicted molar refractivity (Wildman–Crippen MR) is 90.7 cm³/mol. The molecule has 5 nitrogen and oxygen atoms in total. The molecule has 2 rings (SSSR count). The first kappa shape index (κ1) is 17.7. The zero-order chi connectivity index (χ0) is 17.6. The minimum absolute atomic E-state index is 0.0607. The van der Waals surface area contributed by atoms with Gasteiger partial charge >= 0.3 is 5.97 Å². The molecule has 0 fully saturated rings. The second kappa shape index (κ2) is 7.73. The maximum absolute atomic E-state index is 12.9. The standard InChI is InChI=1S/C18H17NO4S/c1-23-18(20)12-16(14-8-4-2-5-9-14)17(13-19)24(21,22)15-10-6-3-7-11-15/h2-11,16,19H,12H2,1H3. The Morgan fingerprint density at radius 2 is 1.62 bits per heavy atom. The summed E-state index contributed by atoms with van der Waals surface area (Å²) in [5, 5.41) is 7.53. The van der Waals surface area contributed by atoms with Gasteiger partial charge in [-0.3, -0.25) is 10.2 Å². The number of allylic oxidation sites excluding steroid dienone is 1. The van der Waals surface area contributed by atoms with Crippen LogP contribution in [-0.2, 0) is 19.4 Å². The molecule has 0 aliphatic heterocycles. The Hall–Kier alpha value is -2.69. The normalized spacial score (nSPS) is 12.0. The van der Waals surface area contributed by atoms with Gasteiger partial charge in [-0.1, -0.05) is 48.5 Å². The number of nitrogens with one attached hydrogen (secondary N) is 1. The van der Waals surface area contributed by atoms with E-state index in [0.717, 1.165) is 0 Å². The fraction of sp³-hybridized carbons (Fsp3) is 0.167. The molecule has 2 aromatic rings. The summed E-state index contributed by atoms with van der Waals surface area (Å²) in [5.74, 6) is 0.652. The van der Waals surface area contributed by atoms with Gasteiger partial charge in [0.2, 0.25) is 9.84 Å². The number of esters is 1. The third-order valence-corrected chi connectivity index (χ3v) is 5.44. The summed E-state index contributed by atoms with van der Waals surface area (Å²) in [6.07, 6.45) is -0.187. The fourth-order valence-corrected chi connectivity index (χ4v) is 3.86. The van der Waals surface area contributed by atoms with Crippen LogP contribution in [0.5, 0.6) is 0 Å². The monoisotopic (exact) mass is 343 g/mol. The lowest BCUT2D eigenvalue weighted by Gasteiger charge is -2.18. The van der Waals surface area contributed by atoms with Gasteiger partial charge in [-0.2, -0.15) is 0 Å². The van der Waals surface area contributed by atoms with Crippen LogP contribution in [0.4, 0.5) is 0 Å². The van der Waals surface area contributed by atoms with E-state index in [1.54, 1.807) is 48.5 Å². The summed E-state index contributed by atoms with van der Waals surface area (Å²) in [6.45, 7) is 0. The van der Waals surface area contributed by atoms with E-state index >= 15 is 0 Å². The summed E-state index contributed by atoms with van der Waals surface area (Å²) < 4.78 is 30.4. The van der Waals surface area contributed by atoms with Crippen LogP contribution in [0.1, 0.15) is 17.9 Å². The maximum atomic E-state index is 12.9. The van der Waals surface area contributed by atoms with Gasteiger partial charge in [0.25, 0.3) is 0 Å². The fourth-order valence-electron chi connectivity index (χ4n) is 2.37. The van der Waals surface area contributed by atoms with Crippen molar-refractivity contribution in [3.8, 4) is 0 Å². The molecule has 1 unspecified atom stereocenters. The Bertz CT molecular complexity index is 854. The Labute approximate surface area is 141 Å². The van der Waals surface area contributed by atoms with Gasteiger partial charge in [0, 0.05) is 5.92 Å². The number of methoxy groups -OCH3 is 1. The van der Waals surface area contributed by atoms with E-state index in [2.05, 4.69) is 4.74 Å². The number of carbonyl (C=O) groups excluding carboxylic acids is 1. The maximum Gasteiger partial charge on any atom is 0.306 e. The summed E-state index contributed by atoms with van der Waals surface area (Å²) in [7, 11) is -2.70. The van der Waals surface area contributed by atoms with Crippen molar-refractivity contribution in [2.75, 3.05) is 7.11 Å². The zero-order valence-corrected chi connectivity index (χ0v) is 13.9. The average molecular weight is 343 g/mol. The third kappa shape index (κ3) is 3.79. The van der Waals surface area contributed by atoms with Gasteiger partial charge in [-0.15, -0.1) is 0 Å². The van der Waals surface area contributed by atoms with Gasteiger partial charge in [-0.25, -0.2) is 8.42 Å². The predicted octanol–water partition coefficient (Wildman–Crippen LogP) is 2.94. The van der Waals surface area contributed by atoms with Crippen molar-refractivity contribution in [3.63, 3.8) is 0 Å². The van der Waals surface area contributed by atoms with Crippen LogP contribution < -0.4 is 0 Å². The van der Waals surface area contributed by atoms with Crippen LogP contribution in [0.15, 0.2) is 70.5 Å². The molecule has 0 radical (unpaired) electrons. The van der Waals surface area contributed by atoms with Gasteiger partial charge in [0.05, 0.1) is 18.4 Å².